The lowest BCUT2D eigenvalue weighted by Gasteiger charge is -2.34. The zero-order chi connectivity index (χ0) is 47.3. The molecule has 0 heterocycles. The average molecular weight is 816 g/mol. The molecule has 0 aromatic heterocycles. The van der Waals surface area contributed by atoms with Crippen LogP contribution in [0.15, 0.2) is 24.3 Å². The SMILES string of the molecule is C.CC(=O)C(C)(C)CCCC/C=C\CCCCCC(C)(C)C(C)=O.CC(C)(CCCC/C=C\CCCCCC(C)(C)C(=O)O)C(=O)O.[B]B([B])B(B([B])[B])B(B([B])[B])B([B])[B]. The van der Waals surface area contributed by atoms with Gasteiger partial charge < -0.3 is 10.2 Å². The largest absolute Gasteiger partial charge is 0.481 e. The third kappa shape index (κ3) is 33.8. The Morgan fingerprint density at radius 2 is 0.590 bits per heavy atom. The average Bonchev–Trinajstić information content (AvgIpc) is 3.11. The molecule has 0 saturated carbocycles. The van der Waals surface area contributed by atoms with E-state index in [4.69, 9.17) is 72.1 Å². The van der Waals surface area contributed by atoms with Gasteiger partial charge >= 0.3 is 11.9 Å². The normalized spacial score (nSPS) is 11.6. The van der Waals surface area contributed by atoms with E-state index in [0.717, 1.165) is 96.3 Å². The van der Waals surface area contributed by atoms with Crippen LogP contribution in [-0.2, 0) is 19.2 Å². The van der Waals surface area contributed by atoms with Gasteiger partial charge in [-0.1, -0.05) is 98.0 Å². The zero-order valence-corrected chi connectivity index (χ0v) is 39.6. The third-order valence-corrected chi connectivity index (χ3v) is 11.8. The number of unbranched alkanes of at least 4 members (excludes halogenated alkanes) is 10. The van der Waals surface area contributed by atoms with E-state index in [1.807, 2.05) is 27.7 Å². The Morgan fingerprint density at radius 3 is 0.787 bits per heavy atom. The molecule has 0 fully saturated rings. The molecule has 0 atom stereocenters. The third-order valence-electron chi connectivity index (χ3n) is 11.8. The van der Waals surface area contributed by atoms with Gasteiger partial charge in [-0.05, 0) is 119 Å². The minimum Gasteiger partial charge on any atom is -0.481 e. The van der Waals surface area contributed by atoms with Crippen LogP contribution in [0.3, 0.4) is 0 Å². The lowest BCUT2D eigenvalue weighted by molar-refractivity contribution is -0.148. The highest BCUT2D eigenvalue weighted by Gasteiger charge is 2.35. The van der Waals surface area contributed by atoms with Crippen LogP contribution in [0.25, 0.3) is 0 Å². The van der Waals surface area contributed by atoms with E-state index < -0.39 is 61.1 Å². The first kappa shape index (κ1) is 66.3. The van der Waals surface area contributed by atoms with Crippen LogP contribution < -0.4 is 0 Å². The Hall–Kier alpha value is -1.33. The summed E-state index contributed by atoms with van der Waals surface area (Å²) in [4.78, 5) is 44.8. The number of Topliss-reactive ketones (excluding diaryl/α,β-unsaturated/α-hetero) is 2. The van der Waals surface area contributed by atoms with Crippen molar-refractivity contribution in [3.8, 4) is 0 Å². The summed E-state index contributed by atoms with van der Waals surface area (Å²) in [6.45, 7) is 18.7. The molecule has 0 unspecified atom stereocenters. The number of carbonyl (C=O) groups excluding carboxylic acids is 2. The summed E-state index contributed by atoms with van der Waals surface area (Å²) in [5, 5.41) is 18.0. The Kier molecular flexibility index (Phi) is 38.0. The van der Waals surface area contributed by atoms with Crippen molar-refractivity contribution in [2.24, 2.45) is 21.7 Å². The molecule has 0 aliphatic carbocycles. The van der Waals surface area contributed by atoms with Crippen LogP contribution in [0.1, 0.15) is 192 Å². The molecule has 0 rings (SSSR count). The van der Waals surface area contributed by atoms with E-state index in [0.29, 0.717) is 11.6 Å². The highest BCUT2D eigenvalue weighted by atomic mass is 16.4. The molecule has 318 valence electrons. The van der Waals surface area contributed by atoms with E-state index in [1.54, 1.807) is 41.5 Å². The smallest absolute Gasteiger partial charge is 0.309 e. The van der Waals surface area contributed by atoms with Crippen molar-refractivity contribution >= 4 is 124 Å². The second-order valence-electron chi connectivity index (χ2n) is 19.4. The highest BCUT2D eigenvalue weighted by molar-refractivity contribution is 8.10. The van der Waals surface area contributed by atoms with Gasteiger partial charge in [-0.15, -0.1) is 0 Å². The molecular formula is C41H76B14O6. The first-order valence-electron chi connectivity index (χ1n) is 22.3. The number of allylic oxidation sites excluding steroid dienone is 4. The standard InChI is InChI=1S/C21H38O2.C19H34O4.CH4.B14/c1-18(22)20(3,4)16-14-12-10-8-7-9-11-13-15-17-21(5,6)19(2)23;1-18(2,16(20)21)14-12-10-8-6-5-7-9-11-13-15-19(3,4)17(22)23;;1-9(2)13(10(3)4)14(11(5)6)12(7)8/h7-8H,9-17H2,1-6H3;5-6H,7-15H2,1-4H3,(H,20,21)(H,22,23);1H4;/b8-7-;6-5-;;. The molecule has 6 nitrogen and oxygen atoms in total. The minimum absolute atomic E-state index is 0. The van der Waals surface area contributed by atoms with Crippen LogP contribution in [0, 0.1) is 21.7 Å². The number of rotatable bonds is 31. The van der Waals surface area contributed by atoms with Gasteiger partial charge in [0.1, 0.15) is 11.6 Å². The number of hydrogen-bond donors (Lipinski definition) is 2. The molecule has 0 saturated heterocycles. The monoisotopic (exact) mass is 819 g/mol. The summed E-state index contributed by atoms with van der Waals surface area (Å²) in [5.41, 5.74) is -1.53. The van der Waals surface area contributed by atoms with Gasteiger partial charge in [-0.25, -0.2) is 0 Å². The van der Waals surface area contributed by atoms with E-state index in [9.17, 15) is 19.2 Å². The number of carboxylic acids is 2. The molecule has 0 aliphatic heterocycles. The van der Waals surface area contributed by atoms with E-state index in [-0.39, 0.29) is 18.3 Å². The Labute approximate surface area is 389 Å². The van der Waals surface area contributed by atoms with Crippen molar-refractivity contribution in [3.05, 3.63) is 24.3 Å². The number of hydrogen-bond acceptors (Lipinski definition) is 4. The highest BCUT2D eigenvalue weighted by Crippen LogP contribution is 2.27. The number of carboxylic acid groups (broad SMARTS) is 2. The molecule has 16 radical (unpaired) electrons. The lowest BCUT2D eigenvalue weighted by atomic mass is 8.47. The molecule has 0 aliphatic rings. The zero-order valence-electron chi connectivity index (χ0n) is 39.6. The second-order valence-corrected chi connectivity index (χ2v) is 19.4. The van der Waals surface area contributed by atoms with Gasteiger partial charge in [-0.3, -0.25) is 19.2 Å². The fraction of sp³-hybridized carbons (Fsp3) is 0.805. The second kappa shape index (κ2) is 35.0. The van der Waals surface area contributed by atoms with Crippen molar-refractivity contribution < 1.29 is 29.4 Å². The van der Waals surface area contributed by atoms with Gasteiger partial charge in [0, 0.05) is 111 Å². The molecule has 2 N–H and O–H groups in total. The van der Waals surface area contributed by atoms with Gasteiger partial charge in [0.2, 0.25) is 0 Å². The Morgan fingerprint density at radius 1 is 0.393 bits per heavy atom. The van der Waals surface area contributed by atoms with Gasteiger partial charge in [0.15, 0.2) is 0 Å². The number of ketones is 2. The van der Waals surface area contributed by atoms with E-state index in [1.165, 1.54) is 19.3 Å². The fourth-order valence-corrected chi connectivity index (χ4v) is 6.25. The van der Waals surface area contributed by atoms with E-state index >= 15 is 0 Å². The molecule has 20 heteroatoms. The molecule has 0 aromatic rings. The van der Waals surface area contributed by atoms with Gasteiger partial charge in [0.25, 0.3) is 0 Å². The summed E-state index contributed by atoms with van der Waals surface area (Å²) in [7, 11) is 44.1. The molecule has 0 bridgehead atoms. The molecule has 0 amide bonds. The summed E-state index contributed by atoms with van der Waals surface area (Å²) >= 11 is 0. The maximum atomic E-state index is 11.4. The summed E-state index contributed by atoms with van der Waals surface area (Å²) in [5.74, 6) is -0.853. The molecule has 0 aromatic carbocycles. The number of carbonyl (C=O) groups is 4. The first-order valence-corrected chi connectivity index (χ1v) is 22.3. The topological polar surface area (TPSA) is 109 Å². The maximum absolute atomic E-state index is 11.4. The molecule has 0 spiro atoms. The lowest BCUT2D eigenvalue weighted by Crippen LogP contribution is -2.72. The predicted octanol–water partition coefficient (Wildman–Crippen LogP) is 6.86. The van der Waals surface area contributed by atoms with Crippen molar-refractivity contribution in [1.29, 1.82) is 0 Å². The van der Waals surface area contributed by atoms with Crippen molar-refractivity contribution in [1.82, 2.24) is 0 Å². The van der Waals surface area contributed by atoms with Crippen molar-refractivity contribution in [2.45, 2.75) is 192 Å². The van der Waals surface area contributed by atoms with Crippen LogP contribution >= 0.6 is 0 Å². The molecule has 61 heavy (non-hydrogen) atoms. The Balaban J connectivity index is -0.000000409. The van der Waals surface area contributed by atoms with Gasteiger partial charge in [0.05, 0.1) is 10.8 Å². The summed E-state index contributed by atoms with van der Waals surface area (Å²) in [6, 6.07) is 0. The van der Waals surface area contributed by atoms with Gasteiger partial charge in [-0.2, -0.15) is 0 Å². The number of aliphatic carboxylic acids is 2. The van der Waals surface area contributed by atoms with Crippen molar-refractivity contribution in [2.75, 3.05) is 0 Å². The predicted molar refractivity (Wildman–Crippen MR) is 280 cm³/mol. The maximum Gasteiger partial charge on any atom is 0.309 e. The summed E-state index contributed by atoms with van der Waals surface area (Å²) in [6.07, 6.45) is 23.5. The molecular weight excluding hydrogens is 740 g/mol. The Bertz CT molecular complexity index is 1150. The van der Waals surface area contributed by atoms with E-state index in [2.05, 4.69) is 24.3 Å². The minimum atomic E-state index is -0.760. The van der Waals surface area contributed by atoms with Crippen LogP contribution in [-0.4, -0.2) is 134 Å². The first-order chi connectivity index (χ1) is 27.5. The van der Waals surface area contributed by atoms with Crippen molar-refractivity contribution in [3.63, 3.8) is 0 Å². The van der Waals surface area contributed by atoms with Crippen LogP contribution in [0.5, 0.6) is 0 Å². The van der Waals surface area contributed by atoms with Crippen LogP contribution in [0.2, 0.25) is 0 Å². The van der Waals surface area contributed by atoms with Crippen LogP contribution in [0.4, 0.5) is 0 Å². The fourth-order valence-electron chi connectivity index (χ4n) is 6.25. The quantitative estimate of drug-likeness (QED) is 0.0450. The summed E-state index contributed by atoms with van der Waals surface area (Å²) < 4.78 is 0.